The van der Waals surface area contributed by atoms with Crippen LogP contribution in [0.4, 0.5) is 10.5 Å². The number of hydrogen-bond donors (Lipinski definition) is 2. The minimum atomic E-state index is -1.18. The molecule has 14 heavy (non-hydrogen) atoms. The average Bonchev–Trinajstić information content (AvgIpc) is 2.07. The first-order chi connectivity index (χ1) is 6.52. The maximum absolute atomic E-state index is 10.5. The fourth-order valence-electron chi connectivity index (χ4n) is 1.02. The first-order valence-corrected chi connectivity index (χ1v) is 4.20. The molecule has 1 aromatic rings. The lowest BCUT2D eigenvalue weighted by Gasteiger charge is -2.09. The molecule has 1 aromatic heterocycles. The molecule has 2 N–H and O–H groups in total. The summed E-state index contributed by atoms with van der Waals surface area (Å²) in [5.74, 6) is 0. The van der Waals surface area contributed by atoms with E-state index in [9.17, 15) is 4.79 Å². The normalized spacial score (nSPS) is 9.57. The molecule has 1 heterocycles. The van der Waals surface area contributed by atoms with Crippen molar-refractivity contribution in [2.45, 2.75) is 6.92 Å². The number of hydrogen-bond acceptors (Lipinski definition) is 2. The van der Waals surface area contributed by atoms with Gasteiger partial charge in [0.1, 0.15) is 0 Å². The lowest BCUT2D eigenvalue weighted by atomic mass is 10.1. The van der Waals surface area contributed by atoms with Crippen molar-refractivity contribution in [2.75, 3.05) is 5.32 Å². The van der Waals surface area contributed by atoms with Crippen molar-refractivity contribution in [1.29, 1.82) is 0 Å². The topological polar surface area (TPSA) is 62.2 Å². The van der Waals surface area contributed by atoms with Crippen molar-refractivity contribution in [1.82, 2.24) is 4.98 Å². The molecule has 0 aliphatic rings. The summed E-state index contributed by atoms with van der Waals surface area (Å²) in [5, 5.41) is 10.9. The van der Waals surface area contributed by atoms with Gasteiger partial charge >= 0.3 is 6.09 Å². The summed E-state index contributed by atoms with van der Waals surface area (Å²) in [6.45, 7) is 5.48. The summed E-state index contributed by atoms with van der Waals surface area (Å²) in [4.78, 5) is 14.2. The molecular formula is C9H9ClN2O2. The summed E-state index contributed by atoms with van der Waals surface area (Å²) in [5.41, 5.74) is 1.64. The number of allylic oxidation sites excluding steroid dienone is 1. The van der Waals surface area contributed by atoms with Crippen LogP contribution in [-0.4, -0.2) is 16.2 Å². The Morgan fingerprint density at radius 3 is 2.86 bits per heavy atom. The first-order valence-electron chi connectivity index (χ1n) is 3.82. The maximum Gasteiger partial charge on any atom is 0.409 e. The van der Waals surface area contributed by atoms with E-state index in [1.807, 2.05) is 0 Å². The van der Waals surface area contributed by atoms with E-state index in [0.29, 0.717) is 5.56 Å². The molecule has 5 heteroatoms. The fraction of sp³-hybridized carbons (Fsp3) is 0.111. The summed E-state index contributed by atoms with van der Waals surface area (Å²) in [6, 6.07) is 1.65. The molecule has 0 radical (unpaired) electrons. The van der Waals surface area contributed by atoms with Gasteiger partial charge in [0, 0.05) is 11.8 Å². The van der Waals surface area contributed by atoms with Gasteiger partial charge in [-0.05, 0) is 18.6 Å². The Morgan fingerprint density at radius 1 is 1.71 bits per heavy atom. The molecule has 0 aromatic carbocycles. The smallest absolute Gasteiger partial charge is 0.409 e. The summed E-state index contributed by atoms with van der Waals surface area (Å²) in [6.07, 6.45) is 0.321. The Kier molecular flexibility index (Phi) is 3.09. The number of aromatic nitrogens is 1. The van der Waals surface area contributed by atoms with E-state index in [0.717, 1.165) is 5.57 Å². The molecule has 0 unspecified atom stereocenters. The minimum Gasteiger partial charge on any atom is -0.465 e. The third-order valence-electron chi connectivity index (χ3n) is 1.60. The van der Waals surface area contributed by atoms with E-state index in [4.69, 9.17) is 16.7 Å². The number of nitrogens with zero attached hydrogens (tertiary/aromatic N) is 1. The van der Waals surface area contributed by atoms with Gasteiger partial charge in [0.25, 0.3) is 0 Å². The maximum atomic E-state index is 10.5. The zero-order valence-electron chi connectivity index (χ0n) is 7.54. The van der Waals surface area contributed by atoms with Gasteiger partial charge in [-0.1, -0.05) is 18.2 Å². The quantitative estimate of drug-likeness (QED) is 0.741. The van der Waals surface area contributed by atoms with Gasteiger partial charge in [-0.15, -0.1) is 0 Å². The summed E-state index contributed by atoms with van der Waals surface area (Å²) >= 11 is 5.74. The van der Waals surface area contributed by atoms with Crippen LogP contribution in [-0.2, 0) is 0 Å². The van der Waals surface area contributed by atoms with Crippen LogP contribution in [0.1, 0.15) is 12.5 Å². The number of rotatable bonds is 2. The van der Waals surface area contributed by atoms with Crippen LogP contribution < -0.4 is 5.32 Å². The minimum absolute atomic E-state index is 0.118. The predicted molar refractivity (Wildman–Crippen MR) is 55.6 cm³/mol. The standard InChI is InChI=1S/C9H9ClN2O2/c1-5(2)6-3-4-11-8(10)7(6)12-9(13)14/h3-4,12H,1H2,2H3,(H,13,14). The third-order valence-corrected chi connectivity index (χ3v) is 1.88. The number of halogens is 1. The number of amides is 1. The molecule has 0 bridgehead atoms. The molecule has 1 rings (SSSR count). The molecule has 0 aliphatic carbocycles. The fourth-order valence-corrected chi connectivity index (χ4v) is 1.22. The van der Waals surface area contributed by atoms with Crippen molar-refractivity contribution in [3.63, 3.8) is 0 Å². The largest absolute Gasteiger partial charge is 0.465 e. The van der Waals surface area contributed by atoms with Crippen molar-refractivity contribution >= 4 is 29.0 Å². The molecule has 0 saturated carbocycles. The number of carboxylic acid groups (broad SMARTS) is 1. The number of pyridine rings is 1. The van der Waals surface area contributed by atoms with Crippen molar-refractivity contribution in [3.8, 4) is 0 Å². The highest BCUT2D eigenvalue weighted by molar-refractivity contribution is 6.32. The Morgan fingerprint density at radius 2 is 2.36 bits per heavy atom. The van der Waals surface area contributed by atoms with E-state index in [-0.39, 0.29) is 10.8 Å². The predicted octanol–water partition coefficient (Wildman–Crippen LogP) is 2.86. The molecule has 0 fully saturated rings. The van der Waals surface area contributed by atoms with Gasteiger partial charge in [0.2, 0.25) is 0 Å². The summed E-state index contributed by atoms with van der Waals surface area (Å²) in [7, 11) is 0. The Bertz CT molecular complexity index is 390. The number of anilines is 1. The third kappa shape index (κ3) is 2.23. The van der Waals surface area contributed by atoms with Gasteiger partial charge in [0.05, 0.1) is 5.69 Å². The van der Waals surface area contributed by atoms with Gasteiger partial charge in [-0.25, -0.2) is 9.78 Å². The zero-order valence-corrected chi connectivity index (χ0v) is 8.30. The highest BCUT2D eigenvalue weighted by Gasteiger charge is 2.10. The number of carbonyl (C=O) groups is 1. The van der Waals surface area contributed by atoms with Crippen LogP contribution >= 0.6 is 11.6 Å². The Balaban J connectivity index is 3.22. The van der Waals surface area contributed by atoms with Crippen LogP contribution in [0.25, 0.3) is 5.57 Å². The van der Waals surface area contributed by atoms with Gasteiger partial charge in [-0.2, -0.15) is 0 Å². The van der Waals surface area contributed by atoms with E-state index in [1.165, 1.54) is 6.20 Å². The molecule has 74 valence electrons. The van der Waals surface area contributed by atoms with Crippen molar-refractivity contribution < 1.29 is 9.90 Å². The number of nitrogens with one attached hydrogen (secondary N) is 1. The van der Waals surface area contributed by atoms with Gasteiger partial charge in [-0.3, -0.25) is 5.32 Å². The van der Waals surface area contributed by atoms with E-state index in [1.54, 1.807) is 13.0 Å². The molecule has 4 nitrogen and oxygen atoms in total. The molecular weight excluding hydrogens is 204 g/mol. The molecule has 0 saturated heterocycles. The van der Waals surface area contributed by atoms with Crippen LogP contribution in [0.2, 0.25) is 5.15 Å². The second-order valence-corrected chi connectivity index (χ2v) is 3.09. The molecule has 0 aliphatic heterocycles. The lowest BCUT2D eigenvalue weighted by Crippen LogP contribution is -2.10. The van der Waals surface area contributed by atoms with Crippen LogP contribution in [0.5, 0.6) is 0 Å². The second-order valence-electron chi connectivity index (χ2n) is 2.73. The van der Waals surface area contributed by atoms with E-state index < -0.39 is 6.09 Å². The molecule has 0 atom stereocenters. The van der Waals surface area contributed by atoms with E-state index >= 15 is 0 Å². The average molecular weight is 213 g/mol. The van der Waals surface area contributed by atoms with E-state index in [2.05, 4.69) is 16.9 Å². The first kappa shape index (κ1) is 10.5. The van der Waals surface area contributed by atoms with Crippen LogP contribution in [0, 0.1) is 0 Å². The SMILES string of the molecule is C=C(C)c1ccnc(Cl)c1NC(=O)O. The lowest BCUT2D eigenvalue weighted by molar-refractivity contribution is 0.209. The summed E-state index contributed by atoms with van der Waals surface area (Å²) < 4.78 is 0. The highest BCUT2D eigenvalue weighted by Crippen LogP contribution is 2.27. The Hall–Kier alpha value is -1.55. The highest BCUT2D eigenvalue weighted by atomic mass is 35.5. The Labute approximate surface area is 86.2 Å². The van der Waals surface area contributed by atoms with Crippen molar-refractivity contribution in [2.24, 2.45) is 0 Å². The molecule has 1 amide bonds. The van der Waals surface area contributed by atoms with Crippen LogP contribution in [0.15, 0.2) is 18.8 Å². The molecule has 0 spiro atoms. The van der Waals surface area contributed by atoms with Gasteiger partial charge < -0.3 is 5.11 Å². The van der Waals surface area contributed by atoms with Gasteiger partial charge in [0.15, 0.2) is 5.15 Å². The van der Waals surface area contributed by atoms with Crippen molar-refractivity contribution in [3.05, 3.63) is 29.6 Å². The second kappa shape index (κ2) is 4.11. The zero-order chi connectivity index (χ0) is 10.7. The van der Waals surface area contributed by atoms with Crippen LogP contribution in [0.3, 0.4) is 0 Å². The monoisotopic (exact) mass is 212 g/mol.